The van der Waals surface area contributed by atoms with E-state index in [1.807, 2.05) is 0 Å². The predicted octanol–water partition coefficient (Wildman–Crippen LogP) is 1.06. The highest BCUT2D eigenvalue weighted by Crippen LogP contribution is 2.22. The maximum Gasteiger partial charge on any atom is 0.286 e. The molecule has 0 aliphatic carbocycles. The summed E-state index contributed by atoms with van der Waals surface area (Å²) in [5.74, 6) is -0.953. The minimum Gasteiger partial charge on any atom is -0.266 e. The third kappa shape index (κ3) is 1.05. The van der Waals surface area contributed by atoms with Crippen LogP contribution in [0.1, 0.15) is 20.7 Å². The molecule has 0 aromatic heterocycles. The van der Waals surface area contributed by atoms with Crippen molar-refractivity contribution in [1.82, 2.24) is 5.06 Å². The highest BCUT2D eigenvalue weighted by Gasteiger charge is 2.36. The van der Waals surface area contributed by atoms with Crippen LogP contribution in [0, 0.1) is 0 Å². The van der Waals surface area contributed by atoms with Gasteiger partial charge in [-0.15, -0.1) is 5.06 Å². The van der Waals surface area contributed by atoms with Crippen molar-refractivity contribution in [2.24, 2.45) is 0 Å². The van der Waals surface area contributed by atoms with Crippen LogP contribution in [0.5, 0.6) is 0 Å². The monoisotopic (exact) mass is 195 g/mol. The number of hydrogen-bond acceptors (Lipinski definition) is 4. The Kier molecular flexibility index (Phi) is 1.82. The maximum atomic E-state index is 11.4. The van der Waals surface area contributed by atoms with Crippen molar-refractivity contribution in [3.63, 3.8) is 0 Å². The molecule has 0 N–H and O–H groups in total. The maximum absolute atomic E-state index is 11.4. The van der Waals surface area contributed by atoms with E-state index < -0.39 is 11.8 Å². The van der Waals surface area contributed by atoms with E-state index in [1.165, 1.54) is 0 Å². The van der Waals surface area contributed by atoms with Gasteiger partial charge in [0.1, 0.15) is 0 Å². The molecule has 0 saturated heterocycles. The van der Waals surface area contributed by atoms with Gasteiger partial charge >= 0.3 is 0 Å². The summed E-state index contributed by atoms with van der Waals surface area (Å²) in [5.41, 5.74) is 0.697. The second-order valence-corrected chi connectivity index (χ2v) is 2.70. The SMILES string of the molecule is O=C1c2ccccc2C(=O)N1OS. The highest BCUT2D eigenvalue weighted by molar-refractivity contribution is 7.75. The first kappa shape index (κ1) is 8.28. The van der Waals surface area contributed by atoms with Crippen molar-refractivity contribution >= 4 is 24.7 Å². The smallest absolute Gasteiger partial charge is 0.266 e. The molecule has 0 bridgehead atoms. The van der Waals surface area contributed by atoms with E-state index in [1.54, 1.807) is 24.3 Å². The summed E-state index contributed by atoms with van der Waals surface area (Å²) >= 11 is 3.42. The Balaban J connectivity index is 2.57. The van der Waals surface area contributed by atoms with Gasteiger partial charge in [0.2, 0.25) is 0 Å². The number of carbonyl (C=O) groups is 2. The van der Waals surface area contributed by atoms with Gasteiger partial charge in [-0.25, -0.2) is 0 Å². The molecule has 0 fully saturated rings. The molecule has 0 spiro atoms. The summed E-state index contributed by atoms with van der Waals surface area (Å²) in [4.78, 5) is 22.7. The topological polar surface area (TPSA) is 46.6 Å². The van der Waals surface area contributed by atoms with E-state index in [2.05, 4.69) is 17.2 Å². The number of rotatable bonds is 1. The Labute approximate surface area is 79.7 Å². The first-order valence-electron chi connectivity index (χ1n) is 3.55. The number of imide groups is 1. The molecule has 0 atom stereocenters. The fourth-order valence-electron chi connectivity index (χ4n) is 1.24. The van der Waals surface area contributed by atoms with Crippen molar-refractivity contribution in [1.29, 1.82) is 0 Å². The van der Waals surface area contributed by atoms with Crippen LogP contribution in [0.3, 0.4) is 0 Å². The highest BCUT2D eigenvalue weighted by atomic mass is 32.1. The second-order valence-electron chi connectivity index (χ2n) is 2.53. The fourth-order valence-corrected chi connectivity index (χ4v) is 1.39. The molecule has 0 unspecified atom stereocenters. The molecule has 1 aliphatic heterocycles. The van der Waals surface area contributed by atoms with Gasteiger partial charge in [-0.05, 0) is 12.1 Å². The second kappa shape index (κ2) is 2.86. The first-order valence-corrected chi connectivity index (χ1v) is 3.91. The lowest BCUT2D eigenvalue weighted by Gasteiger charge is -2.05. The van der Waals surface area contributed by atoms with E-state index in [9.17, 15) is 9.59 Å². The number of hydrogen-bond donors (Lipinski definition) is 1. The zero-order chi connectivity index (χ0) is 9.42. The van der Waals surface area contributed by atoms with Gasteiger partial charge in [-0.3, -0.25) is 9.59 Å². The number of nitrogens with zero attached hydrogens (tertiary/aromatic N) is 1. The van der Waals surface area contributed by atoms with E-state index >= 15 is 0 Å². The Morgan fingerprint density at radius 1 is 1.08 bits per heavy atom. The van der Waals surface area contributed by atoms with Gasteiger partial charge in [0, 0.05) is 12.9 Å². The molecule has 4 nitrogen and oxygen atoms in total. The molecule has 1 heterocycles. The van der Waals surface area contributed by atoms with Gasteiger partial charge in [0.25, 0.3) is 11.8 Å². The third-order valence-corrected chi connectivity index (χ3v) is 2.00. The van der Waals surface area contributed by atoms with Crippen LogP contribution in [0.4, 0.5) is 0 Å². The van der Waals surface area contributed by atoms with Crippen LogP contribution in [0.2, 0.25) is 0 Å². The minimum atomic E-state index is -0.476. The van der Waals surface area contributed by atoms with Crippen LogP contribution < -0.4 is 0 Å². The number of benzene rings is 1. The number of amides is 2. The summed E-state index contributed by atoms with van der Waals surface area (Å²) < 4.78 is 4.35. The zero-order valence-electron chi connectivity index (χ0n) is 6.43. The Morgan fingerprint density at radius 3 is 1.92 bits per heavy atom. The number of thiol groups is 1. The molecule has 0 radical (unpaired) electrons. The molecule has 0 saturated carbocycles. The van der Waals surface area contributed by atoms with Gasteiger partial charge in [0.15, 0.2) is 0 Å². The lowest BCUT2D eigenvalue weighted by Crippen LogP contribution is -2.26. The normalized spacial score (nSPS) is 15.0. The minimum absolute atomic E-state index is 0.349. The summed E-state index contributed by atoms with van der Waals surface area (Å²) in [7, 11) is 0. The van der Waals surface area contributed by atoms with Crippen LogP contribution >= 0.6 is 12.9 Å². The molecule has 1 aromatic carbocycles. The van der Waals surface area contributed by atoms with Crippen LogP contribution in [0.25, 0.3) is 0 Å². The Bertz CT molecular complexity index is 356. The number of fused-ring (bicyclic) bond motifs is 1. The number of hydroxylamine groups is 2. The van der Waals surface area contributed by atoms with Crippen LogP contribution in [-0.2, 0) is 4.28 Å². The lowest BCUT2D eigenvalue weighted by molar-refractivity contribution is -0.000618. The Hall–Kier alpha value is -1.33. The van der Waals surface area contributed by atoms with Gasteiger partial charge in [-0.1, -0.05) is 12.1 Å². The molecule has 2 rings (SSSR count). The average molecular weight is 195 g/mol. The van der Waals surface area contributed by atoms with Gasteiger partial charge in [0.05, 0.1) is 11.1 Å². The standard InChI is InChI=1S/C8H5NO3S/c10-7-5-3-1-2-4-6(5)8(11)9(7)12-13/h1-4,13H. The lowest BCUT2D eigenvalue weighted by atomic mass is 10.1. The molecule has 66 valence electrons. The molecular formula is C8H5NO3S. The molecule has 5 heteroatoms. The largest absolute Gasteiger partial charge is 0.286 e. The summed E-state index contributed by atoms with van der Waals surface area (Å²) in [6.07, 6.45) is 0. The van der Waals surface area contributed by atoms with E-state index in [4.69, 9.17) is 0 Å². The molecule has 13 heavy (non-hydrogen) atoms. The van der Waals surface area contributed by atoms with Crippen LogP contribution in [0.15, 0.2) is 24.3 Å². The molecular weight excluding hydrogens is 190 g/mol. The van der Waals surface area contributed by atoms with Crippen molar-refractivity contribution < 1.29 is 13.9 Å². The summed E-state index contributed by atoms with van der Waals surface area (Å²) in [6, 6.07) is 6.52. The zero-order valence-corrected chi connectivity index (χ0v) is 7.32. The molecule has 1 aliphatic rings. The summed E-state index contributed by atoms with van der Waals surface area (Å²) in [6.45, 7) is 0. The summed E-state index contributed by atoms with van der Waals surface area (Å²) in [5, 5.41) is 0.619. The van der Waals surface area contributed by atoms with Crippen molar-refractivity contribution in [3.05, 3.63) is 35.4 Å². The van der Waals surface area contributed by atoms with E-state index in [-0.39, 0.29) is 0 Å². The third-order valence-electron chi connectivity index (χ3n) is 1.84. The fraction of sp³-hybridized carbons (Fsp3) is 0. The average Bonchev–Trinajstić information content (AvgIpc) is 2.41. The predicted molar refractivity (Wildman–Crippen MR) is 47.0 cm³/mol. The number of carbonyl (C=O) groups excluding carboxylic acids is 2. The van der Waals surface area contributed by atoms with Crippen LogP contribution in [-0.4, -0.2) is 16.9 Å². The van der Waals surface area contributed by atoms with E-state index in [0.717, 1.165) is 0 Å². The van der Waals surface area contributed by atoms with E-state index in [0.29, 0.717) is 16.2 Å². The van der Waals surface area contributed by atoms with Crippen molar-refractivity contribution in [2.45, 2.75) is 0 Å². The quantitative estimate of drug-likeness (QED) is 0.414. The molecule has 1 aromatic rings. The van der Waals surface area contributed by atoms with Gasteiger partial charge < -0.3 is 0 Å². The van der Waals surface area contributed by atoms with Gasteiger partial charge in [-0.2, -0.15) is 4.28 Å². The molecule has 2 amide bonds. The first-order chi connectivity index (χ1) is 6.25. The van der Waals surface area contributed by atoms with Crippen molar-refractivity contribution in [3.8, 4) is 0 Å². The van der Waals surface area contributed by atoms with Crippen molar-refractivity contribution in [2.75, 3.05) is 0 Å². The Morgan fingerprint density at radius 2 is 1.54 bits per heavy atom.